The first-order valence-electron chi connectivity index (χ1n) is 3.60. The van der Waals surface area contributed by atoms with Crippen molar-refractivity contribution in [1.29, 1.82) is 0 Å². The molecule has 1 heterocycles. The molecule has 0 atom stereocenters. The van der Waals surface area contributed by atoms with Crippen molar-refractivity contribution in [2.75, 3.05) is 0 Å². The van der Waals surface area contributed by atoms with Crippen LogP contribution in [0.2, 0.25) is 10.0 Å². The van der Waals surface area contributed by atoms with Gasteiger partial charge in [-0.05, 0) is 12.1 Å². The first-order chi connectivity index (χ1) is 6.68. The van der Waals surface area contributed by atoms with E-state index in [0.29, 0.717) is 11.4 Å². The van der Waals surface area contributed by atoms with Gasteiger partial charge >= 0.3 is 0 Å². The van der Waals surface area contributed by atoms with Crippen LogP contribution in [0, 0.1) is 5.82 Å². The van der Waals surface area contributed by atoms with Crippen LogP contribution in [-0.2, 0) is 0 Å². The molecule has 72 valence electrons. The third kappa shape index (κ3) is 1.58. The largest absolute Gasteiger partial charge is 0.342 e. The van der Waals surface area contributed by atoms with E-state index in [4.69, 9.17) is 23.2 Å². The van der Waals surface area contributed by atoms with E-state index in [9.17, 15) is 4.39 Å². The van der Waals surface area contributed by atoms with E-state index in [2.05, 4.69) is 14.7 Å². The number of hydrogen-bond acceptors (Lipinski definition) is 3. The molecule has 1 aromatic heterocycles. The predicted octanol–water partition coefficient (Wildman–Crippen LogP) is 3.18. The Bertz CT molecular complexity index is 435. The second-order valence-electron chi connectivity index (χ2n) is 2.51. The van der Waals surface area contributed by atoms with Crippen molar-refractivity contribution in [1.82, 2.24) is 10.1 Å². The summed E-state index contributed by atoms with van der Waals surface area (Å²) in [7, 11) is 0. The minimum Gasteiger partial charge on any atom is -0.342 e. The maximum absolute atomic E-state index is 13.0. The fraction of sp³-hybridized carbons (Fsp3) is 0. The molecule has 0 fully saturated rings. The van der Waals surface area contributed by atoms with Crippen LogP contribution in [0.15, 0.2) is 23.0 Å². The first kappa shape index (κ1) is 9.43. The molecular formula is C8H3Cl2FN2O. The highest BCUT2D eigenvalue weighted by atomic mass is 35.5. The van der Waals surface area contributed by atoms with Crippen LogP contribution in [0.25, 0.3) is 11.4 Å². The van der Waals surface area contributed by atoms with Crippen LogP contribution in [0.3, 0.4) is 0 Å². The third-order valence-corrected chi connectivity index (χ3v) is 2.15. The second-order valence-corrected chi connectivity index (χ2v) is 3.32. The summed E-state index contributed by atoms with van der Waals surface area (Å²) in [6, 6.07) is 2.77. The van der Waals surface area contributed by atoms with E-state index in [1.807, 2.05) is 0 Å². The van der Waals surface area contributed by atoms with Gasteiger partial charge in [-0.3, -0.25) is 0 Å². The molecule has 2 rings (SSSR count). The van der Waals surface area contributed by atoms with Gasteiger partial charge in [0.15, 0.2) is 5.82 Å². The van der Waals surface area contributed by atoms with Crippen molar-refractivity contribution in [3.8, 4) is 11.4 Å². The van der Waals surface area contributed by atoms with Gasteiger partial charge in [0.1, 0.15) is 0 Å². The van der Waals surface area contributed by atoms with E-state index in [1.165, 1.54) is 18.5 Å². The third-order valence-electron chi connectivity index (χ3n) is 1.60. The number of hydrogen-bond donors (Lipinski definition) is 0. The molecule has 14 heavy (non-hydrogen) atoms. The van der Waals surface area contributed by atoms with E-state index in [-0.39, 0.29) is 10.0 Å². The lowest BCUT2D eigenvalue weighted by molar-refractivity contribution is 0.418. The van der Waals surface area contributed by atoms with Crippen LogP contribution < -0.4 is 0 Å². The molecule has 0 N–H and O–H groups in total. The maximum atomic E-state index is 13.0. The minimum atomic E-state index is -0.652. The van der Waals surface area contributed by atoms with Gasteiger partial charge in [-0.15, -0.1) is 0 Å². The molecule has 0 unspecified atom stereocenters. The Kier molecular flexibility index (Phi) is 2.39. The van der Waals surface area contributed by atoms with Crippen LogP contribution >= 0.6 is 23.2 Å². The summed E-state index contributed by atoms with van der Waals surface area (Å²) in [4.78, 5) is 3.78. The highest BCUT2D eigenvalue weighted by molar-refractivity contribution is 6.35. The lowest BCUT2D eigenvalue weighted by Gasteiger charge is -1.99. The lowest BCUT2D eigenvalue weighted by Crippen LogP contribution is -1.85. The Labute approximate surface area is 88.4 Å². The number of halogens is 3. The number of aromatic nitrogens is 2. The van der Waals surface area contributed by atoms with E-state index in [1.54, 1.807) is 0 Å². The van der Waals surface area contributed by atoms with Crippen molar-refractivity contribution in [3.05, 3.63) is 34.4 Å². The summed E-state index contributed by atoms with van der Waals surface area (Å²) >= 11 is 11.2. The molecule has 0 bridgehead atoms. The highest BCUT2D eigenvalue weighted by Gasteiger charge is 2.11. The molecule has 6 heteroatoms. The fourth-order valence-corrected chi connectivity index (χ4v) is 1.47. The Morgan fingerprint density at radius 3 is 2.36 bits per heavy atom. The van der Waals surface area contributed by atoms with Crippen LogP contribution in [0.1, 0.15) is 0 Å². The van der Waals surface area contributed by atoms with Gasteiger partial charge in [0.2, 0.25) is 12.2 Å². The summed E-state index contributed by atoms with van der Waals surface area (Å²) in [5.41, 5.74) is 0.509. The SMILES string of the molecule is Fc1c(Cl)cc(-c2ncon2)cc1Cl. The monoisotopic (exact) mass is 232 g/mol. The van der Waals surface area contributed by atoms with Gasteiger partial charge in [0, 0.05) is 5.56 Å². The van der Waals surface area contributed by atoms with Crippen LogP contribution in [0.4, 0.5) is 4.39 Å². The lowest BCUT2D eigenvalue weighted by atomic mass is 10.2. The van der Waals surface area contributed by atoms with Gasteiger partial charge in [-0.2, -0.15) is 4.98 Å². The van der Waals surface area contributed by atoms with Crippen molar-refractivity contribution in [2.45, 2.75) is 0 Å². The molecule has 0 amide bonds. The van der Waals surface area contributed by atoms with Crippen molar-refractivity contribution in [3.63, 3.8) is 0 Å². The summed E-state index contributed by atoms with van der Waals surface area (Å²) in [5.74, 6) is -0.339. The molecule has 2 aromatic rings. The van der Waals surface area contributed by atoms with Gasteiger partial charge in [-0.25, -0.2) is 4.39 Å². The quantitative estimate of drug-likeness (QED) is 0.710. The Morgan fingerprint density at radius 1 is 1.21 bits per heavy atom. The molecule has 0 aliphatic carbocycles. The zero-order valence-electron chi connectivity index (χ0n) is 6.67. The van der Waals surface area contributed by atoms with Gasteiger partial charge in [-0.1, -0.05) is 28.4 Å². The van der Waals surface area contributed by atoms with Crippen LogP contribution in [0.5, 0.6) is 0 Å². The second kappa shape index (κ2) is 3.55. The van der Waals surface area contributed by atoms with Crippen molar-refractivity contribution >= 4 is 23.2 Å². The smallest absolute Gasteiger partial charge is 0.214 e. The first-order valence-corrected chi connectivity index (χ1v) is 4.35. The summed E-state index contributed by atoms with van der Waals surface area (Å²) in [6.07, 6.45) is 1.17. The molecule has 0 aliphatic heterocycles. The van der Waals surface area contributed by atoms with Crippen LogP contribution in [-0.4, -0.2) is 10.1 Å². The Balaban J connectivity index is 2.57. The average Bonchev–Trinajstić information content (AvgIpc) is 2.66. The summed E-state index contributed by atoms with van der Waals surface area (Å²) in [6.45, 7) is 0. The van der Waals surface area contributed by atoms with E-state index in [0.717, 1.165) is 0 Å². The Morgan fingerprint density at radius 2 is 1.86 bits per heavy atom. The number of rotatable bonds is 1. The topological polar surface area (TPSA) is 38.9 Å². The molecule has 0 saturated carbocycles. The minimum absolute atomic E-state index is 0.0719. The highest BCUT2D eigenvalue weighted by Crippen LogP contribution is 2.28. The van der Waals surface area contributed by atoms with E-state index < -0.39 is 5.82 Å². The summed E-state index contributed by atoms with van der Waals surface area (Å²) in [5, 5.41) is 3.43. The fourth-order valence-electron chi connectivity index (χ4n) is 0.982. The van der Waals surface area contributed by atoms with E-state index >= 15 is 0 Å². The molecule has 0 spiro atoms. The van der Waals surface area contributed by atoms with Crippen molar-refractivity contribution < 1.29 is 8.91 Å². The van der Waals surface area contributed by atoms with Gasteiger partial charge in [0.25, 0.3) is 0 Å². The maximum Gasteiger partial charge on any atom is 0.214 e. The zero-order valence-corrected chi connectivity index (χ0v) is 8.18. The molecule has 3 nitrogen and oxygen atoms in total. The predicted molar refractivity (Wildman–Crippen MR) is 49.7 cm³/mol. The Hall–Kier alpha value is -1.13. The molecular weight excluding hydrogens is 230 g/mol. The number of benzene rings is 1. The standard InChI is InChI=1S/C8H3Cl2FN2O/c9-5-1-4(2-6(10)7(5)11)8-12-3-14-13-8/h1-3H. The summed E-state index contributed by atoms with van der Waals surface area (Å²) < 4.78 is 17.6. The molecule has 1 aromatic carbocycles. The van der Waals surface area contributed by atoms with Gasteiger partial charge < -0.3 is 4.52 Å². The van der Waals surface area contributed by atoms with Gasteiger partial charge in [0.05, 0.1) is 10.0 Å². The van der Waals surface area contributed by atoms with Crippen molar-refractivity contribution in [2.24, 2.45) is 0 Å². The normalized spacial score (nSPS) is 10.5. The molecule has 0 radical (unpaired) electrons. The zero-order chi connectivity index (χ0) is 10.1. The molecule has 0 saturated heterocycles. The number of nitrogens with zero attached hydrogens (tertiary/aromatic N) is 2. The molecule has 0 aliphatic rings. The average molecular weight is 233 g/mol.